The van der Waals surface area contributed by atoms with E-state index in [1.165, 1.54) is 0 Å². The Morgan fingerprint density at radius 2 is 2.00 bits per heavy atom. The first-order valence-corrected chi connectivity index (χ1v) is 4.89. The van der Waals surface area contributed by atoms with Crippen molar-refractivity contribution in [1.82, 2.24) is 10.1 Å². The van der Waals surface area contributed by atoms with Crippen molar-refractivity contribution in [2.45, 2.75) is 44.8 Å². The van der Waals surface area contributed by atoms with Gasteiger partial charge in [-0.05, 0) is 13.3 Å². The van der Waals surface area contributed by atoms with E-state index < -0.39 is 17.6 Å². The monoisotopic (exact) mass is 237 g/mol. The van der Waals surface area contributed by atoms with Gasteiger partial charge in [-0.15, -0.1) is 0 Å². The molecule has 1 rings (SSSR count). The van der Waals surface area contributed by atoms with Crippen molar-refractivity contribution in [3.63, 3.8) is 0 Å². The summed E-state index contributed by atoms with van der Waals surface area (Å²) in [4.78, 5) is 3.70. The molecule has 0 fully saturated rings. The fraction of sp³-hybridized carbons (Fsp3) is 0.778. The van der Waals surface area contributed by atoms with E-state index in [9.17, 15) is 13.2 Å². The Morgan fingerprint density at radius 1 is 1.44 bits per heavy atom. The number of nitrogens with zero attached hydrogens (tertiary/aromatic N) is 2. The van der Waals surface area contributed by atoms with Gasteiger partial charge in [-0.3, -0.25) is 0 Å². The van der Waals surface area contributed by atoms with Gasteiger partial charge in [-0.25, -0.2) is 0 Å². The zero-order chi connectivity index (χ0) is 12.6. The molecule has 1 heterocycles. The van der Waals surface area contributed by atoms with Gasteiger partial charge in [-0.1, -0.05) is 19.0 Å². The fourth-order valence-corrected chi connectivity index (χ4v) is 0.950. The molecule has 0 saturated heterocycles. The van der Waals surface area contributed by atoms with Crippen LogP contribution in [0, 0.1) is 0 Å². The van der Waals surface area contributed by atoms with Gasteiger partial charge in [0.15, 0.2) is 11.4 Å². The third kappa shape index (κ3) is 2.18. The summed E-state index contributed by atoms with van der Waals surface area (Å²) in [6.45, 7) is 4.49. The lowest BCUT2D eigenvalue weighted by atomic mass is 10.0. The van der Waals surface area contributed by atoms with E-state index >= 15 is 0 Å². The number of alkyl halides is 3. The normalized spacial score (nSPS) is 18.2. The van der Waals surface area contributed by atoms with Crippen LogP contribution >= 0.6 is 0 Å². The molecule has 2 atom stereocenters. The van der Waals surface area contributed by atoms with Crippen LogP contribution in [0.2, 0.25) is 0 Å². The molecule has 0 aromatic carbocycles. The molecule has 4 nitrogen and oxygen atoms in total. The van der Waals surface area contributed by atoms with E-state index in [4.69, 9.17) is 5.73 Å². The van der Waals surface area contributed by atoms with Crippen molar-refractivity contribution < 1.29 is 17.7 Å². The second-order valence-electron chi connectivity index (χ2n) is 3.97. The smallest absolute Gasteiger partial charge is 0.337 e. The van der Waals surface area contributed by atoms with Crippen molar-refractivity contribution in [2.75, 3.05) is 0 Å². The summed E-state index contributed by atoms with van der Waals surface area (Å²) < 4.78 is 42.2. The van der Waals surface area contributed by atoms with Crippen LogP contribution in [-0.4, -0.2) is 16.3 Å². The van der Waals surface area contributed by atoms with Crippen LogP contribution in [0.1, 0.15) is 44.8 Å². The summed E-state index contributed by atoms with van der Waals surface area (Å²) in [6, 6.07) is 0. The molecule has 2 unspecified atom stereocenters. The molecular formula is C9H14F3N3O. The van der Waals surface area contributed by atoms with E-state index in [0.717, 1.165) is 6.92 Å². The van der Waals surface area contributed by atoms with Crippen LogP contribution in [0.5, 0.6) is 0 Å². The average Bonchev–Trinajstić information content (AvgIpc) is 2.64. The van der Waals surface area contributed by atoms with Gasteiger partial charge in [0.25, 0.3) is 5.89 Å². The first-order valence-electron chi connectivity index (χ1n) is 4.89. The highest BCUT2D eigenvalue weighted by Gasteiger charge is 2.53. The number of hydrogen-bond acceptors (Lipinski definition) is 4. The second kappa shape index (κ2) is 4.04. The van der Waals surface area contributed by atoms with E-state index in [1.807, 2.05) is 6.92 Å². The summed E-state index contributed by atoms with van der Waals surface area (Å²) in [6.07, 6.45) is -3.90. The lowest BCUT2D eigenvalue weighted by molar-refractivity contribution is -0.190. The largest absolute Gasteiger partial charge is 0.415 e. The molecule has 0 aliphatic carbocycles. The average molecular weight is 237 g/mol. The molecule has 0 saturated carbocycles. The van der Waals surface area contributed by atoms with Gasteiger partial charge in [-0.2, -0.15) is 18.2 Å². The number of rotatable bonds is 3. The topological polar surface area (TPSA) is 64.9 Å². The van der Waals surface area contributed by atoms with Gasteiger partial charge in [0.2, 0.25) is 0 Å². The van der Waals surface area contributed by atoms with E-state index in [-0.39, 0.29) is 11.7 Å². The van der Waals surface area contributed by atoms with Crippen molar-refractivity contribution in [1.29, 1.82) is 0 Å². The maximum Gasteiger partial charge on any atom is 0.415 e. The van der Waals surface area contributed by atoms with Gasteiger partial charge >= 0.3 is 6.18 Å². The highest BCUT2D eigenvalue weighted by Crippen LogP contribution is 2.35. The van der Waals surface area contributed by atoms with Crippen LogP contribution < -0.4 is 5.73 Å². The molecule has 0 bridgehead atoms. The first kappa shape index (κ1) is 13.0. The van der Waals surface area contributed by atoms with Gasteiger partial charge in [0, 0.05) is 5.92 Å². The maximum absolute atomic E-state index is 12.6. The Bertz CT molecular complexity index is 359. The number of nitrogens with two attached hydrogens (primary N) is 1. The Labute approximate surface area is 91.0 Å². The van der Waals surface area contributed by atoms with E-state index in [1.54, 1.807) is 6.92 Å². The predicted octanol–water partition coefficient (Wildman–Crippen LogP) is 2.32. The van der Waals surface area contributed by atoms with Crippen molar-refractivity contribution in [2.24, 2.45) is 5.73 Å². The summed E-state index contributed by atoms with van der Waals surface area (Å²) in [5.41, 5.74) is 2.54. The van der Waals surface area contributed by atoms with E-state index in [0.29, 0.717) is 6.42 Å². The lowest BCUT2D eigenvalue weighted by Gasteiger charge is -2.22. The van der Waals surface area contributed by atoms with Crippen molar-refractivity contribution >= 4 is 0 Å². The Hall–Kier alpha value is -1.11. The van der Waals surface area contributed by atoms with Crippen molar-refractivity contribution in [3.8, 4) is 0 Å². The summed E-state index contributed by atoms with van der Waals surface area (Å²) in [7, 11) is 0. The van der Waals surface area contributed by atoms with Gasteiger partial charge in [0.05, 0.1) is 0 Å². The molecule has 1 aromatic heterocycles. The molecule has 0 aliphatic heterocycles. The van der Waals surface area contributed by atoms with E-state index in [2.05, 4.69) is 14.7 Å². The molecule has 16 heavy (non-hydrogen) atoms. The molecule has 0 radical (unpaired) electrons. The second-order valence-corrected chi connectivity index (χ2v) is 3.97. The molecule has 1 aromatic rings. The lowest BCUT2D eigenvalue weighted by Crippen LogP contribution is -2.48. The maximum atomic E-state index is 12.6. The zero-order valence-corrected chi connectivity index (χ0v) is 9.30. The number of hydrogen-bond donors (Lipinski definition) is 1. The summed E-state index contributed by atoms with van der Waals surface area (Å²) in [5.74, 6) is -0.407. The minimum absolute atomic E-state index is 0.0541. The van der Waals surface area contributed by atoms with Crippen LogP contribution in [0.25, 0.3) is 0 Å². The Balaban J connectivity index is 3.02. The first-order chi connectivity index (χ1) is 7.20. The van der Waals surface area contributed by atoms with Crippen LogP contribution in [0.4, 0.5) is 13.2 Å². The SMILES string of the molecule is CCC(C)c1noc(C(C)(N)C(F)(F)F)n1. The summed E-state index contributed by atoms with van der Waals surface area (Å²) >= 11 is 0. The number of aromatic nitrogens is 2. The molecular weight excluding hydrogens is 223 g/mol. The standard InChI is InChI=1S/C9H14F3N3O/c1-4-5(2)6-14-7(16-15-6)8(3,13)9(10,11)12/h5H,4,13H2,1-3H3. The minimum Gasteiger partial charge on any atom is -0.337 e. The van der Waals surface area contributed by atoms with Crippen LogP contribution in [0.3, 0.4) is 0 Å². The number of halogens is 3. The molecule has 0 amide bonds. The van der Waals surface area contributed by atoms with Gasteiger partial charge < -0.3 is 10.3 Å². The van der Waals surface area contributed by atoms with Crippen LogP contribution in [-0.2, 0) is 5.54 Å². The fourth-order valence-electron chi connectivity index (χ4n) is 0.950. The van der Waals surface area contributed by atoms with Gasteiger partial charge in [0.1, 0.15) is 0 Å². The quantitative estimate of drug-likeness (QED) is 0.876. The third-order valence-corrected chi connectivity index (χ3v) is 2.53. The molecule has 2 N–H and O–H groups in total. The van der Waals surface area contributed by atoms with Crippen LogP contribution in [0.15, 0.2) is 4.52 Å². The molecule has 0 spiro atoms. The molecule has 7 heteroatoms. The minimum atomic E-state index is -4.62. The highest BCUT2D eigenvalue weighted by atomic mass is 19.4. The Morgan fingerprint density at radius 3 is 2.44 bits per heavy atom. The van der Waals surface area contributed by atoms with Crippen molar-refractivity contribution in [3.05, 3.63) is 11.7 Å². The third-order valence-electron chi connectivity index (χ3n) is 2.53. The highest BCUT2D eigenvalue weighted by molar-refractivity contribution is 5.05. The predicted molar refractivity (Wildman–Crippen MR) is 50.6 cm³/mol. The zero-order valence-electron chi connectivity index (χ0n) is 9.30. The summed E-state index contributed by atoms with van der Waals surface area (Å²) in [5, 5.41) is 3.50. The molecule has 0 aliphatic rings. The molecule has 92 valence electrons. The Kier molecular flexibility index (Phi) is 3.27.